The second-order valence-electron chi connectivity index (χ2n) is 5.85. The van der Waals surface area contributed by atoms with E-state index < -0.39 is 10.0 Å². The first-order chi connectivity index (χ1) is 9.90. The number of hydrogen-bond donors (Lipinski definition) is 1. The SMILES string of the molecule is COc1ccc(CN)cc1S(=O)(=O)N1CCC(C(C)C)C1. The van der Waals surface area contributed by atoms with Crippen LogP contribution in [0.3, 0.4) is 0 Å². The first kappa shape index (κ1) is 16.3. The zero-order valence-electron chi connectivity index (χ0n) is 12.9. The van der Waals surface area contributed by atoms with Crippen LogP contribution < -0.4 is 10.5 Å². The van der Waals surface area contributed by atoms with Crippen molar-refractivity contribution in [2.24, 2.45) is 17.6 Å². The number of hydrogen-bond acceptors (Lipinski definition) is 4. The lowest BCUT2D eigenvalue weighted by Crippen LogP contribution is -2.30. The molecule has 1 fully saturated rings. The summed E-state index contributed by atoms with van der Waals surface area (Å²) < 4.78 is 32.5. The number of sulfonamides is 1. The Hall–Kier alpha value is -1.11. The maximum absolute atomic E-state index is 12.9. The van der Waals surface area contributed by atoms with Crippen LogP contribution in [-0.4, -0.2) is 32.9 Å². The van der Waals surface area contributed by atoms with Gasteiger partial charge < -0.3 is 10.5 Å². The van der Waals surface area contributed by atoms with Gasteiger partial charge in [-0.15, -0.1) is 0 Å². The van der Waals surface area contributed by atoms with Crippen molar-refractivity contribution in [3.8, 4) is 5.75 Å². The van der Waals surface area contributed by atoms with E-state index in [1.165, 1.54) is 7.11 Å². The highest BCUT2D eigenvalue weighted by Gasteiger charge is 2.35. The molecule has 1 unspecified atom stereocenters. The summed E-state index contributed by atoms with van der Waals surface area (Å²) in [4.78, 5) is 0.220. The summed E-state index contributed by atoms with van der Waals surface area (Å²) >= 11 is 0. The number of rotatable bonds is 5. The second kappa shape index (κ2) is 6.34. The van der Waals surface area contributed by atoms with E-state index in [0.717, 1.165) is 12.0 Å². The molecule has 0 aliphatic carbocycles. The van der Waals surface area contributed by atoms with Crippen LogP contribution in [0.5, 0.6) is 5.75 Å². The van der Waals surface area contributed by atoms with Crippen molar-refractivity contribution in [2.45, 2.75) is 31.7 Å². The predicted molar refractivity (Wildman–Crippen MR) is 82.6 cm³/mol. The lowest BCUT2D eigenvalue weighted by atomic mass is 9.96. The van der Waals surface area contributed by atoms with Crippen molar-refractivity contribution in [2.75, 3.05) is 20.2 Å². The molecule has 0 bridgehead atoms. The third kappa shape index (κ3) is 3.22. The number of benzene rings is 1. The molecule has 5 nitrogen and oxygen atoms in total. The minimum Gasteiger partial charge on any atom is -0.495 e. The molecule has 1 atom stereocenters. The Balaban J connectivity index is 2.36. The molecular weight excluding hydrogens is 288 g/mol. The van der Waals surface area contributed by atoms with E-state index in [9.17, 15) is 8.42 Å². The number of nitrogens with zero attached hydrogens (tertiary/aromatic N) is 1. The van der Waals surface area contributed by atoms with Crippen LogP contribution in [0.15, 0.2) is 23.1 Å². The largest absolute Gasteiger partial charge is 0.495 e. The van der Waals surface area contributed by atoms with Crippen LogP contribution in [0.2, 0.25) is 0 Å². The van der Waals surface area contributed by atoms with Gasteiger partial charge in [-0.3, -0.25) is 0 Å². The molecule has 1 aliphatic heterocycles. The second-order valence-corrected chi connectivity index (χ2v) is 7.75. The standard InChI is InChI=1S/C15H24N2O3S/c1-11(2)13-6-7-17(10-13)21(18,19)15-8-12(9-16)4-5-14(15)20-3/h4-5,8,11,13H,6-7,9-10,16H2,1-3H3. The van der Waals surface area contributed by atoms with Crippen LogP contribution in [0.1, 0.15) is 25.8 Å². The van der Waals surface area contributed by atoms with Gasteiger partial charge in [-0.05, 0) is 36.0 Å². The van der Waals surface area contributed by atoms with E-state index in [-0.39, 0.29) is 4.90 Å². The first-order valence-corrected chi connectivity index (χ1v) is 8.71. The molecule has 1 heterocycles. The van der Waals surface area contributed by atoms with Gasteiger partial charge in [0.05, 0.1) is 7.11 Å². The minimum atomic E-state index is -3.53. The molecule has 1 aromatic rings. The third-order valence-electron chi connectivity index (χ3n) is 4.21. The zero-order chi connectivity index (χ0) is 15.6. The quantitative estimate of drug-likeness (QED) is 0.900. The van der Waals surface area contributed by atoms with Crippen molar-refractivity contribution in [3.05, 3.63) is 23.8 Å². The molecule has 1 aliphatic rings. The molecule has 6 heteroatoms. The van der Waals surface area contributed by atoms with Gasteiger partial charge in [0.2, 0.25) is 10.0 Å². The Bertz CT molecular complexity index is 599. The van der Waals surface area contributed by atoms with Gasteiger partial charge in [-0.2, -0.15) is 4.31 Å². The monoisotopic (exact) mass is 312 g/mol. The minimum absolute atomic E-state index is 0.220. The van der Waals surface area contributed by atoms with E-state index in [4.69, 9.17) is 10.5 Å². The van der Waals surface area contributed by atoms with Crippen molar-refractivity contribution in [1.29, 1.82) is 0 Å². The van der Waals surface area contributed by atoms with Gasteiger partial charge in [0.1, 0.15) is 10.6 Å². The van der Waals surface area contributed by atoms with Gasteiger partial charge in [0.15, 0.2) is 0 Å². The fraction of sp³-hybridized carbons (Fsp3) is 0.600. The van der Waals surface area contributed by atoms with E-state index in [1.54, 1.807) is 22.5 Å². The normalized spacial score (nSPS) is 20.1. The fourth-order valence-electron chi connectivity index (χ4n) is 2.71. The molecule has 21 heavy (non-hydrogen) atoms. The Morgan fingerprint density at radius 1 is 1.43 bits per heavy atom. The van der Waals surface area contributed by atoms with Crippen LogP contribution in [-0.2, 0) is 16.6 Å². The average Bonchev–Trinajstić information content (AvgIpc) is 2.97. The first-order valence-electron chi connectivity index (χ1n) is 7.27. The smallest absolute Gasteiger partial charge is 0.246 e. The van der Waals surface area contributed by atoms with Crippen molar-refractivity contribution >= 4 is 10.0 Å². The summed E-state index contributed by atoms with van der Waals surface area (Å²) in [6.07, 6.45) is 0.912. The summed E-state index contributed by atoms with van der Waals surface area (Å²) in [6, 6.07) is 5.08. The van der Waals surface area contributed by atoms with Crippen LogP contribution in [0.4, 0.5) is 0 Å². The van der Waals surface area contributed by atoms with Gasteiger partial charge in [-0.25, -0.2) is 8.42 Å². The summed E-state index contributed by atoms with van der Waals surface area (Å²) in [5, 5.41) is 0. The zero-order valence-corrected chi connectivity index (χ0v) is 13.7. The fourth-order valence-corrected chi connectivity index (χ4v) is 4.42. The lowest BCUT2D eigenvalue weighted by molar-refractivity contribution is 0.382. The molecule has 0 spiro atoms. The van der Waals surface area contributed by atoms with Gasteiger partial charge in [-0.1, -0.05) is 19.9 Å². The molecular formula is C15H24N2O3S. The highest BCUT2D eigenvalue weighted by atomic mass is 32.2. The number of nitrogens with two attached hydrogens (primary N) is 1. The summed E-state index contributed by atoms with van der Waals surface area (Å²) in [6.45, 7) is 5.73. The van der Waals surface area contributed by atoms with Crippen molar-refractivity contribution in [3.63, 3.8) is 0 Å². The molecule has 0 aromatic heterocycles. The van der Waals surface area contributed by atoms with Gasteiger partial charge in [0, 0.05) is 19.6 Å². The van der Waals surface area contributed by atoms with E-state index in [1.807, 2.05) is 0 Å². The summed E-state index contributed by atoms with van der Waals surface area (Å²) in [5.74, 6) is 1.28. The Morgan fingerprint density at radius 3 is 2.67 bits per heavy atom. The molecule has 1 aromatic carbocycles. The molecule has 2 rings (SSSR count). The molecule has 0 amide bonds. The van der Waals surface area contributed by atoms with Crippen LogP contribution >= 0.6 is 0 Å². The summed E-state index contributed by atoms with van der Waals surface area (Å²) in [5.41, 5.74) is 6.41. The molecule has 1 saturated heterocycles. The highest BCUT2D eigenvalue weighted by molar-refractivity contribution is 7.89. The lowest BCUT2D eigenvalue weighted by Gasteiger charge is -2.20. The van der Waals surface area contributed by atoms with E-state index >= 15 is 0 Å². The molecule has 118 valence electrons. The van der Waals surface area contributed by atoms with Crippen LogP contribution in [0.25, 0.3) is 0 Å². The van der Waals surface area contributed by atoms with Gasteiger partial charge >= 0.3 is 0 Å². The number of ether oxygens (including phenoxy) is 1. The third-order valence-corrected chi connectivity index (χ3v) is 6.10. The molecule has 0 radical (unpaired) electrons. The molecule has 0 saturated carbocycles. The van der Waals surface area contributed by atoms with Crippen LogP contribution in [0, 0.1) is 11.8 Å². The maximum atomic E-state index is 12.9. The van der Waals surface area contributed by atoms with Gasteiger partial charge in [0.25, 0.3) is 0 Å². The highest BCUT2D eigenvalue weighted by Crippen LogP contribution is 2.32. The topological polar surface area (TPSA) is 72.6 Å². The van der Waals surface area contributed by atoms with E-state index in [2.05, 4.69) is 13.8 Å². The summed E-state index contributed by atoms with van der Waals surface area (Å²) in [7, 11) is -2.04. The Morgan fingerprint density at radius 2 is 2.14 bits per heavy atom. The van der Waals surface area contributed by atoms with E-state index in [0.29, 0.717) is 37.2 Å². The Labute approximate surface area is 127 Å². The Kier molecular flexibility index (Phi) is 4.91. The average molecular weight is 312 g/mol. The molecule has 2 N–H and O–H groups in total. The van der Waals surface area contributed by atoms with Crippen molar-refractivity contribution < 1.29 is 13.2 Å². The number of methoxy groups -OCH3 is 1. The van der Waals surface area contributed by atoms with Crippen molar-refractivity contribution in [1.82, 2.24) is 4.31 Å². The maximum Gasteiger partial charge on any atom is 0.246 e. The predicted octanol–water partition coefficient (Wildman–Crippen LogP) is 1.82.